The van der Waals surface area contributed by atoms with Crippen LogP contribution in [0, 0.1) is 0 Å². The zero-order valence-electron chi connectivity index (χ0n) is 10.7. The molecule has 3 heteroatoms. The second-order valence-corrected chi connectivity index (χ2v) is 4.85. The minimum absolute atomic E-state index is 0.0491. The van der Waals surface area contributed by atoms with Crippen molar-refractivity contribution in [3.05, 3.63) is 65.5 Å². The summed E-state index contributed by atoms with van der Waals surface area (Å²) in [6, 6.07) is 13.9. The second-order valence-electron chi connectivity index (χ2n) is 4.85. The van der Waals surface area contributed by atoms with Gasteiger partial charge in [-0.15, -0.1) is 0 Å². The fraction of sp³-hybridized carbons (Fsp3) is 0.250. The average Bonchev–Trinajstić information content (AvgIpc) is 2.47. The molecule has 2 heterocycles. The number of carbonyl (C=O) groups is 1. The van der Waals surface area contributed by atoms with Crippen LogP contribution in [0.2, 0.25) is 0 Å². The monoisotopic (exact) mass is 252 g/mol. The maximum Gasteiger partial charge on any atom is 0.147 e. The van der Waals surface area contributed by atoms with E-state index in [4.69, 9.17) is 0 Å². The van der Waals surface area contributed by atoms with Crippen LogP contribution in [0.15, 0.2) is 48.7 Å². The molecule has 2 aromatic rings. The van der Waals surface area contributed by atoms with E-state index in [-0.39, 0.29) is 11.7 Å². The van der Waals surface area contributed by atoms with Gasteiger partial charge in [0.2, 0.25) is 0 Å². The fourth-order valence-electron chi connectivity index (χ4n) is 2.59. The third kappa shape index (κ3) is 2.56. The Bertz CT molecular complexity index is 580. The molecule has 0 aliphatic carbocycles. The van der Waals surface area contributed by atoms with Crippen molar-refractivity contribution in [1.82, 2.24) is 10.3 Å². The summed E-state index contributed by atoms with van der Waals surface area (Å²) in [5.74, 6) is 0.185. The molecule has 96 valence electrons. The number of aromatic nitrogens is 1. The second kappa shape index (κ2) is 5.33. The number of hydrogen-bond acceptors (Lipinski definition) is 3. The number of pyridine rings is 1. The van der Waals surface area contributed by atoms with Gasteiger partial charge in [-0.1, -0.05) is 30.3 Å². The van der Waals surface area contributed by atoms with Crippen LogP contribution in [0.4, 0.5) is 0 Å². The van der Waals surface area contributed by atoms with E-state index in [1.54, 1.807) is 6.20 Å². The van der Waals surface area contributed by atoms with Crippen molar-refractivity contribution in [2.75, 3.05) is 6.54 Å². The molecule has 1 aliphatic heterocycles. The Morgan fingerprint density at radius 1 is 1.21 bits per heavy atom. The number of benzene rings is 1. The summed E-state index contributed by atoms with van der Waals surface area (Å²) < 4.78 is 0. The first-order valence-corrected chi connectivity index (χ1v) is 6.56. The van der Waals surface area contributed by atoms with Gasteiger partial charge in [-0.25, -0.2) is 0 Å². The molecule has 0 bridgehead atoms. The molecule has 1 aromatic heterocycles. The molecular weight excluding hydrogens is 236 g/mol. The van der Waals surface area contributed by atoms with Gasteiger partial charge in [-0.3, -0.25) is 9.78 Å². The van der Waals surface area contributed by atoms with Gasteiger partial charge in [0.05, 0.1) is 5.92 Å². The van der Waals surface area contributed by atoms with Crippen molar-refractivity contribution in [1.29, 1.82) is 0 Å². The number of fused-ring (bicyclic) bond motifs is 1. The van der Waals surface area contributed by atoms with Crippen molar-refractivity contribution >= 4 is 5.78 Å². The number of ketones is 1. The van der Waals surface area contributed by atoms with E-state index in [2.05, 4.69) is 22.4 Å². The van der Waals surface area contributed by atoms with Crippen molar-refractivity contribution in [2.45, 2.75) is 18.9 Å². The summed E-state index contributed by atoms with van der Waals surface area (Å²) in [5, 5.41) is 3.32. The third-order valence-electron chi connectivity index (χ3n) is 3.56. The first kappa shape index (κ1) is 12.1. The van der Waals surface area contributed by atoms with Gasteiger partial charge in [0, 0.05) is 31.4 Å². The molecule has 1 unspecified atom stereocenters. The summed E-state index contributed by atoms with van der Waals surface area (Å²) in [6.07, 6.45) is 2.14. The number of Topliss-reactive ketones (excluding diaryl/α,β-unsaturated/α-hetero) is 1. The van der Waals surface area contributed by atoms with Gasteiger partial charge >= 0.3 is 0 Å². The Morgan fingerprint density at radius 2 is 2.05 bits per heavy atom. The topological polar surface area (TPSA) is 42.0 Å². The molecule has 3 rings (SSSR count). The molecule has 0 radical (unpaired) electrons. The van der Waals surface area contributed by atoms with Crippen LogP contribution in [0.25, 0.3) is 0 Å². The van der Waals surface area contributed by atoms with E-state index in [9.17, 15) is 4.79 Å². The molecule has 1 atom stereocenters. The normalized spacial score (nSPS) is 17.8. The van der Waals surface area contributed by atoms with Crippen LogP contribution in [-0.4, -0.2) is 17.3 Å². The van der Waals surface area contributed by atoms with Gasteiger partial charge < -0.3 is 5.32 Å². The van der Waals surface area contributed by atoms with Gasteiger partial charge in [-0.05, 0) is 23.3 Å². The van der Waals surface area contributed by atoms with E-state index >= 15 is 0 Å². The Labute approximate surface area is 112 Å². The molecule has 1 N–H and O–H groups in total. The molecule has 0 fully saturated rings. The summed E-state index contributed by atoms with van der Waals surface area (Å²) in [5.41, 5.74) is 3.24. The Morgan fingerprint density at radius 3 is 2.89 bits per heavy atom. The number of rotatable bonds is 3. The largest absolute Gasteiger partial charge is 0.312 e. The van der Waals surface area contributed by atoms with Crippen molar-refractivity contribution in [3.8, 4) is 0 Å². The first-order chi connectivity index (χ1) is 9.34. The van der Waals surface area contributed by atoms with E-state index in [0.29, 0.717) is 6.42 Å². The van der Waals surface area contributed by atoms with E-state index in [1.807, 2.05) is 30.3 Å². The fourth-order valence-corrected chi connectivity index (χ4v) is 2.59. The molecular formula is C16H16N2O. The van der Waals surface area contributed by atoms with E-state index in [1.165, 1.54) is 11.1 Å². The molecule has 0 saturated heterocycles. The smallest absolute Gasteiger partial charge is 0.147 e. The van der Waals surface area contributed by atoms with E-state index < -0.39 is 0 Å². The van der Waals surface area contributed by atoms with E-state index in [0.717, 1.165) is 18.8 Å². The molecule has 0 spiro atoms. The maximum atomic E-state index is 12.5. The van der Waals surface area contributed by atoms with Gasteiger partial charge in [0.1, 0.15) is 5.78 Å². The van der Waals surface area contributed by atoms with Crippen LogP contribution in [0.3, 0.4) is 0 Å². The SMILES string of the molecule is O=C(Cc1ccccn1)C1CNCc2ccccc21. The molecule has 19 heavy (non-hydrogen) atoms. The lowest BCUT2D eigenvalue weighted by atomic mass is 9.86. The standard InChI is InChI=1S/C16H16N2O/c19-16(9-13-6-3-4-8-18-13)15-11-17-10-12-5-1-2-7-14(12)15/h1-8,15,17H,9-11H2. The van der Waals surface area contributed by atoms with Crippen LogP contribution >= 0.6 is 0 Å². The van der Waals surface area contributed by atoms with Gasteiger partial charge in [-0.2, -0.15) is 0 Å². The number of hydrogen-bond donors (Lipinski definition) is 1. The average molecular weight is 252 g/mol. The Kier molecular flexibility index (Phi) is 3.38. The molecule has 1 aromatic carbocycles. The molecule has 0 amide bonds. The highest BCUT2D eigenvalue weighted by Crippen LogP contribution is 2.25. The minimum Gasteiger partial charge on any atom is -0.312 e. The maximum absolute atomic E-state index is 12.5. The highest BCUT2D eigenvalue weighted by Gasteiger charge is 2.25. The third-order valence-corrected chi connectivity index (χ3v) is 3.56. The lowest BCUT2D eigenvalue weighted by molar-refractivity contribution is -0.120. The van der Waals surface area contributed by atoms with Crippen LogP contribution < -0.4 is 5.32 Å². The minimum atomic E-state index is -0.0491. The van der Waals surface area contributed by atoms with Crippen LogP contribution in [0.1, 0.15) is 22.7 Å². The number of carbonyl (C=O) groups excluding carboxylic acids is 1. The lowest BCUT2D eigenvalue weighted by Gasteiger charge is -2.25. The Balaban J connectivity index is 1.82. The zero-order chi connectivity index (χ0) is 13.1. The highest BCUT2D eigenvalue weighted by atomic mass is 16.1. The van der Waals surface area contributed by atoms with Crippen molar-refractivity contribution in [3.63, 3.8) is 0 Å². The van der Waals surface area contributed by atoms with Crippen LogP contribution in [0.5, 0.6) is 0 Å². The first-order valence-electron chi connectivity index (χ1n) is 6.56. The Hall–Kier alpha value is -2.00. The summed E-state index contributed by atoms with van der Waals surface area (Å²) in [7, 11) is 0. The van der Waals surface area contributed by atoms with Crippen molar-refractivity contribution < 1.29 is 4.79 Å². The summed E-state index contributed by atoms with van der Waals surface area (Å²) >= 11 is 0. The number of nitrogens with zero attached hydrogens (tertiary/aromatic N) is 1. The summed E-state index contributed by atoms with van der Waals surface area (Å²) in [4.78, 5) is 16.7. The molecule has 1 aliphatic rings. The highest BCUT2D eigenvalue weighted by molar-refractivity contribution is 5.88. The van der Waals surface area contributed by atoms with Gasteiger partial charge in [0.15, 0.2) is 0 Å². The lowest BCUT2D eigenvalue weighted by Crippen LogP contribution is -2.33. The number of nitrogens with one attached hydrogen (secondary N) is 1. The zero-order valence-corrected chi connectivity index (χ0v) is 10.7. The quantitative estimate of drug-likeness (QED) is 0.909. The summed E-state index contributed by atoms with van der Waals surface area (Å²) in [6.45, 7) is 1.58. The predicted octanol–water partition coefficient (Wildman–Crippen LogP) is 2.08. The molecule has 3 nitrogen and oxygen atoms in total. The molecule has 0 saturated carbocycles. The van der Waals surface area contributed by atoms with Crippen LogP contribution in [-0.2, 0) is 17.8 Å². The van der Waals surface area contributed by atoms with Gasteiger partial charge in [0.25, 0.3) is 0 Å². The predicted molar refractivity (Wildman–Crippen MR) is 73.8 cm³/mol. The van der Waals surface area contributed by atoms with Crippen molar-refractivity contribution in [2.24, 2.45) is 0 Å².